The third-order valence-electron chi connectivity index (χ3n) is 0.674. The summed E-state index contributed by atoms with van der Waals surface area (Å²) in [7, 11) is 6.74. The lowest BCUT2D eigenvalue weighted by atomic mass is 9.84. The number of rotatable bonds is 2. The fourth-order valence-corrected chi connectivity index (χ4v) is 0.650. The van der Waals surface area contributed by atoms with Crippen LogP contribution in [0.3, 0.4) is 0 Å². The molecule has 0 N–H and O–H groups in total. The maximum atomic E-state index is 4.16. The first-order valence-corrected chi connectivity index (χ1v) is 4.04. The van der Waals surface area contributed by atoms with Crippen LogP contribution in [0.4, 0.5) is 0 Å². The van der Waals surface area contributed by atoms with E-state index in [2.05, 4.69) is 11.8 Å². The Kier molecular flexibility index (Phi) is 4.07. The van der Waals surface area contributed by atoms with Crippen molar-refractivity contribution in [2.45, 2.75) is 0 Å². The van der Waals surface area contributed by atoms with E-state index in [4.69, 9.17) is 0 Å². The molecule has 0 bridgehead atoms. The maximum Gasteiger partial charge on any atom is 0.247 e. The highest BCUT2D eigenvalue weighted by atomic mass is 31.1. The second-order valence-corrected chi connectivity index (χ2v) is 2.89. The lowest BCUT2D eigenvalue weighted by Gasteiger charge is -2.09. The SMILES string of the molecule is BC(B)=NN(B)PC. The normalized spacial score (nSPS) is 9.62. The first-order chi connectivity index (χ1) is 3.66. The minimum Gasteiger partial charge on any atom is -0.334 e. The number of nitrogens with zero attached hydrogens (tertiary/aromatic N) is 2. The van der Waals surface area contributed by atoms with Gasteiger partial charge in [0.05, 0.1) is 0 Å². The Bertz CT molecular complexity index is 91.3. The van der Waals surface area contributed by atoms with Crippen molar-refractivity contribution < 1.29 is 0 Å². The molecule has 0 aliphatic carbocycles. The van der Waals surface area contributed by atoms with Crippen molar-refractivity contribution in [1.82, 2.24) is 4.69 Å². The third-order valence-corrected chi connectivity index (χ3v) is 1.42. The molecule has 1 atom stereocenters. The van der Waals surface area contributed by atoms with Crippen LogP contribution in [0.25, 0.3) is 0 Å². The second kappa shape index (κ2) is 4.02. The molecule has 0 aliphatic heterocycles. The van der Waals surface area contributed by atoms with E-state index in [1.165, 1.54) is 0 Å². The van der Waals surface area contributed by atoms with Gasteiger partial charge >= 0.3 is 0 Å². The van der Waals surface area contributed by atoms with Gasteiger partial charge in [-0.1, -0.05) is 0 Å². The smallest absolute Gasteiger partial charge is 0.247 e. The molecule has 1 unspecified atom stereocenters. The first kappa shape index (κ1) is 8.09. The molecular weight excluding hydrogens is 115 g/mol. The van der Waals surface area contributed by atoms with Gasteiger partial charge in [-0.15, -0.1) is 0 Å². The Morgan fingerprint density at radius 1 is 1.62 bits per heavy atom. The molecule has 0 rings (SSSR count). The van der Waals surface area contributed by atoms with E-state index in [1.54, 1.807) is 0 Å². The summed E-state index contributed by atoms with van der Waals surface area (Å²) in [5.74, 6) is 0. The Morgan fingerprint density at radius 2 is 2.12 bits per heavy atom. The van der Waals surface area contributed by atoms with Crippen LogP contribution < -0.4 is 0 Å². The van der Waals surface area contributed by atoms with Crippen molar-refractivity contribution in [1.29, 1.82) is 0 Å². The molecule has 8 heavy (non-hydrogen) atoms. The molecule has 0 radical (unpaired) electrons. The van der Waals surface area contributed by atoms with Crippen molar-refractivity contribution in [2.24, 2.45) is 5.10 Å². The van der Waals surface area contributed by atoms with Crippen molar-refractivity contribution >= 4 is 37.9 Å². The highest BCUT2D eigenvalue weighted by Gasteiger charge is 1.83. The minimum atomic E-state index is 0.770. The zero-order valence-corrected chi connectivity index (χ0v) is 6.89. The Labute approximate surface area is 55.2 Å². The van der Waals surface area contributed by atoms with Crippen molar-refractivity contribution in [3.8, 4) is 0 Å². The zero-order chi connectivity index (χ0) is 6.57. The monoisotopic (exact) mass is 126 g/mol. The molecule has 0 saturated heterocycles. The molecule has 42 valence electrons. The standard InChI is InChI=1S/C2H10B3N2P/c1-8-7(5)6-2(3)4/h8H,3-5H2,1H3. The second-order valence-electron chi connectivity index (χ2n) is 1.79. The summed E-state index contributed by atoms with van der Waals surface area (Å²) in [4.78, 5) is 0. The predicted octanol–water partition coefficient (Wildman–Crippen LogP) is -2.40. The van der Waals surface area contributed by atoms with E-state index >= 15 is 0 Å². The van der Waals surface area contributed by atoms with E-state index in [9.17, 15) is 0 Å². The number of hydrogen-bond donors (Lipinski definition) is 0. The quantitative estimate of drug-likeness (QED) is 0.174. The molecule has 0 heterocycles. The van der Waals surface area contributed by atoms with Crippen LogP contribution in [0.2, 0.25) is 0 Å². The van der Waals surface area contributed by atoms with Gasteiger partial charge in [0.2, 0.25) is 7.98 Å². The van der Waals surface area contributed by atoms with Crippen LogP contribution in [0.1, 0.15) is 0 Å². The predicted molar refractivity (Wildman–Crippen MR) is 49.1 cm³/mol. The Morgan fingerprint density at radius 3 is 2.25 bits per heavy atom. The van der Waals surface area contributed by atoms with Gasteiger partial charge in [-0.3, -0.25) is 0 Å². The van der Waals surface area contributed by atoms with Crippen molar-refractivity contribution in [3.05, 3.63) is 0 Å². The van der Waals surface area contributed by atoms with Crippen molar-refractivity contribution in [2.75, 3.05) is 6.66 Å². The van der Waals surface area contributed by atoms with Crippen LogP contribution in [-0.2, 0) is 0 Å². The van der Waals surface area contributed by atoms with Gasteiger partial charge in [0.1, 0.15) is 15.7 Å². The summed E-state index contributed by atoms with van der Waals surface area (Å²) in [5, 5.41) is 4.16. The van der Waals surface area contributed by atoms with Gasteiger partial charge in [-0.05, 0) is 20.9 Å². The molecular formula is C2H10B3N2P. The van der Waals surface area contributed by atoms with Crippen LogP contribution in [0, 0.1) is 0 Å². The van der Waals surface area contributed by atoms with Gasteiger partial charge in [0, 0.05) is 0 Å². The average molecular weight is 126 g/mol. The molecule has 0 aliphatic rings. The Hall–Kier alpha value is 0.0948. The van der Waals surface area contributed by atoms with E-state index in [1.807, 2.05) is 28.4 Å². The van der Waals surface area contributed by atoms with Gasteiger partial charge in [-0.25, -0.2) is 5.10 Å². The zero-order valence-electron chi connectivity index (χ0n) is 5.89. The minimum absolute atomic E-state index is 0.770. The summed E-state index contributed by atoms with van der Waals surface area (Å²) in [6, 6.07) is 0. The summed E-state index contributed by atoms with van der Waals surface area (Å²) in [6.07, 6.45) is 0. The molecule has 0 aromatic rings. The third kappa shape index (κ3) is 4.26. The van der Waals surface area contributed by atoms with Gasteiger partial charge in [-0.2, -0.15) is 0 Å². The summed E-state index contributed by atoms with van der Waals surface area (Å²) in [5.41, 5.74) is 1.11. The molecule has 0 spiro atoms. The Balaban J connectivity index is 3.51. The summed E-state index contributed by atoms with van der Waals surface area (Å²) < 4.78 is 1.94. The first-order valence-electron chi connectivity index (χ1n) is 2.59. The molecule has 0 aromatic carbocycles. The van der Waals surface area contributed by atoms with Crippen LogP contribution in [0.5, 0.6) is 0 Å². The fourth-order valence-electron chi connectivity index (χ4n) is 0.350. The number of hydrazone groups is 1. The maximum absolute atomic E-state index is 4.16. The molecule has 0 fully saturated rings. The highest BCUT2D eigenvalue weighted by Crippen LogP contribution is 2.06. The molecule has 2 nitrogen and oxygen atoms in total. The highest BCUT2D eigenvalue weighted by molar-refractivity contribution is 7.35. The lowest BCUT2D eigenvalue weighted by molar-refractivity contribution is 0.794. The number of hydrogen-bond acceptors (Lipinski definition) is 2. The van der Waals surface area contributed by atoms with E-state index < -0.39 is 0 Å². The molecule has 0 saturated carbocycles. The largest absolute Gasteiger partial charge is 0.334 e. The molecule has 6 heteroatoms. The van der Waals surface area contributed by atoms with E-state index in [0.29, 0.717) is 0 Å². The van der Waals surface area contributed by atoms with E-state index in [0.717, 1.165) is 14.2 Å². The average Bonchev–Trinajstić information content (AvgIpc) is 1.65. The fraction of sp³-hybridized carbons (Fsp3) is 0.500. The summed E-state index contributed by atoms with van der Waals surface area (Å²) >= 11 is 0. The molecule has 0 amide bonds. The van der Waals surface area contributed by atoms with Gasteiger partial charge < -0.3 is 4.69 Å². The van der Waals surface area contributed by atoms with Gasteiger partial charge in [0.25, 0.3) is 0 Å². The van der Waals surface area contributed by atoms with Crippen LogP contribution in [-0.4, -0.2) is 40.5 Å². The lowest BCUT2D eigenvalue weighted by Crippen LogP contribution is -2.06. The van der Waals surface area contributed by atoms with E-state index in [-0.39, 0.29) is 0 Å². The topological polar surface area (TPSA) is 15.6 Å². The van der Waals surface area contributed by atoms with Crippen LogP contribution in [0.15, 0.2) is 5.10 Å². The summed E-state index contributed by atoms with van der Waals surface area (Å²) in [6.45, 7) is 2.10. The van der Waals surface area contributed by atoms with Gasteiger partial charge in [0.15, 0.2) is 0 Å². The van der Waals surface area contributed by atoms with Crippen LogP contribution >= 0.6 is 8.73 Å². The molecule has 0 aromatic heterocycles. The van der Waals surface area contributed by atoms with Crippen molar-refractivity contribution in [3.63, 3.8) is 0 Å².